The Morgan fingerprint density at radius 2 is 1.97 bits per heavy atom. The Kier molecular flexibility index (Phi) is 5.49. The second-order valence-corrected chi connectivity index (χ2v) is 10.3. The Hall–Kier alpha value is -2.53. The highest BCUT2D eigenvalue weighted by atomic mass is 79.9. The zero-order chi connectivity index (χ0) is 21.5. The number of sulfonamides is 1. The monoisotopic (exact) mass is 486 g/mol. The molecule has 2 aliphatic heterocycles. The number of benzene rings is 1. The fraction of sp³-hybridized carbons (Fsp3) is 0.400. The first-order valence-electron chi connectivity index (χ1n) is 9.50. The molecule has 1 aromatic carbocycles. The molecule has 8 nitrogen and oxygen atoms in total. The van der Waals surface area contributed by atoms with Crippen molar-refractivity contribution in [1.82, 2.24) is 14.5 Å². The minimum atomic E-state index is -3.23. The Balaban J connectivity index is 1.75. The number of rotatable bonds is 3. The molecule has 0 bridgehead atoms. The standard InChI is InChI=1S/C20H19BrN6O2S/c1-30(28,29)27-7-5-12(6-8-27)19-15(10-23)17(16-11-24-26-20(16)25-19)14-4-2-3-13(9-22)18(14)21/h2-4,11-12,15,17H,5-8H2,1H3,(H,24,26). The number of H-pyrrole nitrogens is 1. The van der Waals surface area contributed by atoms with Crippen molar-refractivity contribution in [2.75, 3.05) is 19.3 Å². The van der Waals surface area contributed by atoms with Crippen molar-refractivity contribution in [1.29, 1.82) is 10.5 Å². The normalized spacial score (nSPS) is 22.6. The van der Waals surface area contributed by atoms with Crippen LogP contribution in [0.1, 0.15) is 35.4 Å². The predicted molar refractivity (Wildman–Crippen MR) is 115 cm³/mol. The SMILES string of the molecule is CS(=O)(=O)N1CCC(C2=Nc3[nH]ncc3C(c3cccc(C#N)c3Br)C2C#N)CC1. The van der Waals surface area contributed by atoms with Crippen molar-refractivity contribution in [2.45, 2.75) is 18.8 Å². The Morgan fingerprint density at radius 1 is 1.23 bits per heavy atom. The van der Waals surface area contributed by atoms with Crippen LogP contribution in [0.25, 0.3) is 0 Å². The van der Waals surface area contributed by atoms with Gasteiger partial charge in [-0.1, -0.05) is 12.1 Å². The van der Waals surface area contributed by atoms with E-state index < -0.39 is 15.9 Å². The third kappa shape index (κ3) is 3.56. The van der Waals surface area contributed by atoms with Crippen LogP contribution in [-0.2, 0) is 10.0 Å². The molecule has 1 N–H and O–H groups in total. The number of nitrogens with zero attached hydrogens (tertiary/aromatic N) is 5. The van der Waals surface area contributed by atoms with E-state index >= 15 is 0 Å². The van der Waals surface area contributed by atoms with Crippen LogP contribution in [0, 0.1) is 34.5 Å². The maximum atomic E-state index is 11.9. The minimum absolute atomic E-state index is 0.00419. The van der Waals surface area contributed by atoms with Gasteiger partial charge in [-0.2, -0.15) is 15.6 Å². The molecule has 1 aromatic heterocycles. The third-order valence-corrected chi connectivity index (χ3v) is 8.03. The molecule has 2 aliphatic rings. The molecule has 0 saturated carbocycles. The van der Waals surface area contributed by atoms with Gasteiger partial charge in [0.15, 0.2) is 5.82 Å². The zero-order valence-electron chi connectivity index (χ0n) is 16.2. The average molecular weight is 487 g/mol. The maximum Gasteiger partial charge on any atom is 0.211 e. The quantitative estimate of drug-likeness (QED) is 0.712. The number of piperidine rings is 1. The van der Waals surface area contributed by atoms with Crippen molar-refractivity contribution in [3.8, 4) is 12.1 Å². The van der Waals surface area contributed by atoms with E-state index in [1.54, 1.807) is 12.3 Å². The summed E-state index contributed by atoms with van der Waals surface area (Å²) in [6.45, 7) is 0.823. The van der Waals surface area contributed by atoms with Crippen molar-refractivity contribution in [3.63, 3.8) is 0 Å². The smallest absolute Gasteiger partial charge is 0.211 e. The van der Waals surface area contributed by atoms with Gasteiger partial charge in [0.05, 0.1) is 30.0 Å². The van der Waals surface area contributed by atoms with E-state index in [1.165, 1.54) is 10.6 Å². The summed E-state index contributed by atoms with van der Waals surface area (Å²) in [5.74, 6) is -0.243. The summed E-state index contributed by atoms with van der Waals surface area (Å²) in [5.41, 5.74) is 2.90. The van der Waals surface area contributed by atoms with Gasteiger partial charge in [-0.05, 0) is 40.4 Å². The van der Waals surface area contributed by atoms with E-state index in [0.29, 0.717) is 41.8 Å². The van der Waals surface area contributed by atoms with Gasteiger partial charge in [0.1, 0.15) is 6.07 Å². The highest BCUT2D eigenvalue weighted by Gasteiger charge is 2.41. The largest absolute Gasteiger partial charge is 0.261 e. The van der Waals surface area contributed by atoms with Gasteiger partial charge in [-0.25, -0.2) is 17.7 Å². The predicted octanol–water partition coefficient (Wildman–Crippen LogP) is 3.07. The number of nitriles is 2. The van der Waals surface area contributed by atoms with Crippen LogP contribution in [0.3, 0.4) is 0 Å². The fourth-order valence-corrected chi connectivity index (χ4v) is 5.82. The second-order valence-electron chi connectivity index (χ2n) is 7.55. The molecule has 4 rings (SSSR count). The fourth-order valence-electron chi connectivity index (χ4n) is 4.35. The summed E-state index contributed by atoms with van der Waals surface area (Å²) in [7, 11) is -3.23. The number of aromatic nitrogens is 2. The molecule has 1 fully saturated rings. The second kappa shape index (κ2) is 7.95. The van der Waals surface area contributed by atoms with Gasteiger partial charge in [0, 0.05) is 40.7 Å². The lowest BCUT2D eigenvalue weighted by molar-refractivity contribution is 0.313. The highest BCUT2D eigenvalue weighted by Crippen LogP contribution is 2.46. The molecular weight excluding hydrogens is 468 g/mol. The highest BCUT2D eigenvalue weighted by molar-refractivity contribution is 9.10. The molecule has 3 heterocycles. The molecule has 1 saturated heterocycles. The van der Waals surface area contributed by atoms with Crippen molar-refractivity contribution < 1.29 is 8.42 Å². The molecule has 0 amide bonds. The van der Waals surface area contributed by atoms with Crippen LogP contribution >= 0.6 is 15.9 Å². The van der Waals surface area contributed by atoms with Crippen LogP contribution in [0.5, 0.6) is 0 Å². The van der Waals surface area contributed by atoms with E-state index in [2.05, 4.69) is 38.3 Å². The lowest BCUT2D eigenvalue weighted by atomic mass is 9.73. The summed E-state index contributed by atoms with van der Waals surface area (Å²) in [5, 5.41) is 26.6. The van der Waals surface area contributed by atoms with Crippen molar-refractivity contribution in [2.24, 2.45) is 16.8 Å². The molecule has 10 heteroatoms. The van der Waals surface area contributed by atoms with E-state index in [0.717, 1.165) is 16.8 Å². The van der Waals surface area contributed by atoms with E-state index in [1.807, 2.05) is 12.1 Å². The molecule has 154 valence electrons. The van der Waals surface area contributed by atoms with E-state index in [9.17, 15) is 18.9 Å². The molecule has 2 unspecified atom stereocenters. The van der Waals surface area contributed by atoms with Crippen LogP contribution < -0.4 is 0 Å². The summed E-state index contributed by atoms with van der Waals surface area (Å²) >= 11 is 3.54. The molecule has 30 heavy (non-hydrogen) atoms. The topological polar surface area (TPSA) is 126 Å². The lowest BCUT2D eigenvalue weighted by Gasteiger charge is -2.36. The van der Waals surface area contributed by atoms with Gasteiger partial charge in [-0.3, -0.25) is 5.10 Å². The number of fused-ring (bicyclic) bond motifs is 1. The number of hydrogen-bond donors (Lipinski definition) is 1. The first kappa shape index (κ1) is 20.7. The first-order chi connectivity index (χ1) is 14.3. The van der Waals surface area contributed by atoms with Gasteiger partial charge >= 0.3 is 0 Å². The van der Waals surface area contributed by atoms with Gasteiger partial charge < -0.3 is 0 Å². The molecule has 0 radical (unpaired) electrons. The van der Waals surface area contributed by atoms with Crippen LogP contribution in [0.2, 0.25) is 0 Å². The zero-order valence-corrected chi connectivity index (χ0v) is 18.6. The number of nitrogens with one attached hydrogen (secondary N) is 1. The van der Waals surface area contributed by atoms with Crippen molar-refractivity contribution >= 4 is 37.5 Å². The molecule has 2 atom stereocenters. The van der Waals surface area contributed by atoms with E-state index in [4.69, 9.17) is 4.99 Å². The first-order valence-corrected chi connectivity index (χ1v) is 12.1. The number of aliphatic imine (C=N–C) groups is 1. The van der Waals surface area contributed by atoms with E-state index in [-0.39, 0.29) is 11.8 Å². The van der Waals surface area contributed by atoms with Gasteiger partial charge in [-0.15, -0.1) is 0 Å². The summed E-state index contributed by atoms with van der Waals surface area (Å²) in [6.07, 6.45) is 4.12. The Bertz CT molecular complexity index is 1200. The average Bonchev–Trinajstić information content (AvgIpc) is 3.20. The number of hydrogen-bond acceptors (Lipinski definition) is 6. The summed E-state index contributed by atoms with van der Waals surface area (Å²) in [6, 6.07) is 10.0. The van der Waals surface area contributed by atoms with Crippen LogP contribution in [-0.4, -0.2) is 48.0 Å². The lowest BCUT2D eigenvalue weighted by Crippen LogP contribution is -2.42. The van der Waals surface area contributed by atoms with Crippen LogP contribution in [0.4, 0.5) is 5.82 Å². The summed E-state index contributed by atoms with van der Waals surface area (Å²) in [4.78, 5) is 4.74. The Labute approximate surface area is 183 Å². The van der Waals surface area contributed by atoms with Gasteiger partial charge in [0.2, 0.25) is 10.0 Å². The van der Waals surface area contributed by atoms with Gasteiger partial charge in [0.25, 0.3) is 0 Å². The molecule has 2 aromatic rings. The molecule has 0 spiro atoms. The summed E-state index contributed by atoms with van der Waals surface area (Å²) < 4.78 is 25.8. The van der Waals surface area contributed by atoms with Crippen molar-refractivity contribution in [3.05, 3.63) is 45.6 Å². The maximum absolute atomic E-state index is 11.9. The minimum Gasteiger partial charge on any atom is -0.261 e. The third-order valence-electron chi connectivity index (χ3n) is 5.84. The number of halogens is 1. The molecule has 0 aliphatic carbocycles. The van der Waals surface area contributed by atoms with Crippen LogP contribution in [0.15, 0.2) is 33.9 Å². The number of aromatic amines is 1. The molecular formula is C20H19BrN6O2S. The Morgan fingerprint density at radius 3 is 2.60 bits per heavy atom.